The lowest BCUT2D eigenvalue weighted by atomic mass is 10.1. The van der Waals surface area contributed by atoms with Crippen LogP contribution >= 0.6 is 0 Å². The van der Waals surface area contributed by atoms with Crippen LogP contribution in [0.25, 0.3) is 0 Å². The van der Waals surface area contributed by atoms with Crippen LogP contribution in [0.5, 0.6) is 11.8 Å². The molecule has 0 aliphatic rings. The quantitative estimate of drug-likeness (QED) is 0.427. The van der Waals surface area contributed by atoms with E-state index in [-0.39, 0.29) is 30.7 Å². The van der Waals surface area contributed by atoms with Gasteiger partial charge in [-0.15, -0.1) is 0 Å². The minimum Gasteiger partial charge on any atom is -0.481 e. The van der Waals surface area contributed by atoms with Crippen molar-refractivity contribution in [3.05, 3.63) is 30.1 Å². The molecule has 2 rings (SSSR count). The van der Waals surface area contributed by atoms with Crippen LogP contribution in [0.15, 0.2) is 29.3 Å². The predicted octanol–water partition coefficient (Wildman–Crippen LogP) is 1.38. The number of hydrogen-bond donors (Lipinski definition) is 2. The number of nitrogens with zero attached hydrogens (tertiary/aromatic N) is 3. The molecule has 2 atom stereocenters. The van der Waals surface area contributed by atoms with Crippen molar-refractivity contribution in [3.8, 4) is 11.8 Å². The Morgan fingerprint density at radius 3 is 2.35 bits per heavy atom. The summed E-state index contributed by atoms with van der Waals surface area (Å²) < 4.78 is 61.6. The van der Waals surface area contributed by atoms with Gasteiger partial charge in [-0.2, -0.15) is 9.97 Å². The van der Waals surface area contributed by atoms with E-state index in [9.17, 15) is 22.4 Å². The summed E-state index contributed by atoms with van der Waals surface area (Å²) in [5.74, 6) is -1.03. The highest BCUT2D eigenvalue weighted by Gasteiger charge is 2.32. The topological polar surface area (TPSA) is 168 Å². The molecule has 0 spiro atoms. The molecule has 2 heterocycles. The van der Waals surface area contributed by atoms with Gasteiger partial charge in [0.15, 0.2) is 6.10 Å². The number of anilines is 1. The molecule has 2 unspecified atom stereocenters. The zero-order valence-corrected chi connectivity index (χ0v) is 19.6. The predicted molar refractivity (Wildman–Crippen MR) is 115 cm³/mol. The molecule has 2 amide bonds. The summed E-state index contributed by atoms with van der Waals surface area (Å²) >= 11 is 0. The highest BCUT2D eigenvalue weighted by atomic mass is 32.2. The number of hydrogen-bond acceptors (Lipinski definition) is 11. The Morgan fingerprint density at radius 1 is 1.15 bits per heavy atom. The van der Waals surface area contributed by atoms with Crippen molar-refractivity contribution >= 4 is 28.0 Å². The third-order valence-electron chi connectivity index (χ3n) is 4.09. The van der Waals surface area contributed by atoms with E-state index < -0.39 is 44.9 Å². The Bertz CT molecular complexity index is 1090. The van der Waals surface area contributed by atoms with Gasteiger partial charge >= 0.3 is 12.0 Å². The van der Waals surface area contributed by atoms with Crippen LogP contribution in [-0.2, 0) is 24.3 Å². The lowest BCUT2D eigenvalue weighted by molar-refractivity contribution is -0.154. The second kappa shape index (κ2) is 12.0. The fourth-order valence-corrected chi connectivity index (χ4v) is 3.68. The van der Waals surface area contributed by atoms with Crippen molar-refractivity contribution in [2.75, 3.05) is 33.3 Å². The second-order valence-electron chi connectivity index (χ2n) is 6.55. The van der Waals surface area contributed by atoms with Gasteiger partial charge in [-0.1, -0.05) is 0 Å². The summed E-state index contributed by atoms with van der Waals surface area (Å²) in [6.07, 6.45) is -2.45. The third kappa shape index (κ3) is 7.21. The van der Waals surface area contributed by atoms with Crippen LogP contribution in [0.4, 0.5) is 15.1 Å². The molecule has 0 bridgehead atoms. The summed E-state index contributed by atoms with van der Waals surface area (Å²) in [6, 6.07) is 2.46. The fraction of sp³-hybridized carbons (Fsp3) is 0.421. The number of halogens is 1. The molecule has 0 aliphatic heterocycles. The maximum atomic E-state index is 14.3. The molecule has 0 saturated carbocycles. The van der Waals surface area contributed by atoms with Gasteiger partial charge in [-0.05, 0) is 19.1 Å². The van der Waals surface area contributed by atoms with E-state index in [0.29, 0.717) is 0 Å². The Morgan fingerprint density at radius 2 is 1.79 bits per heavy atom. The Kier molecular flexibility index (Phi) is 9.44. The molecule has 0 saturated heterocycles. The molecule has 186 valence electrons. The highest BCUT2D eigenvalue weighted by molar-refractivity contribution is 7.90. The van der Waals surface area contributed by atoms with Crippen LogP contribution in [0, 0.1) is 0 Å². The van der Waals surface area contributed by atoms with E-state index in [4.69, 9.17) is 18.9 Å². The van der Waals surface area contributed by atoms with E-state index in [1.54, 1.807) is 4.72 Å². The summed E-state index contributed by atoms with van der Waals surface area (Å²) in [7, 11) is -0.580. The van der Waals surface area contributed by atoms with Gasteiger partial charge in [0, 0.05) is 13.3 Å². The second-order valence-corrected chi connectivity index (χ2v) is 8.20. The monoisotopic (exact) mass is 501 g/mol. The summed E-state index contributed by atoms with van der Waals surface area (Å²) in [6.45, 7) is 1.10. The lowest BCUT2D eigenvalue weighted by Gasteiger charge is -2.21. The van der Waals surface area contributed by atoms with E-state index in [1.807, 2.05) is 0 Å². The van der Waals surface area contributed by atoms with Gasteiger partial charge in [0.2, 0.25) is 17.7 Å². The molecule has 0 aliphatic carbocycles. The number of sulfonamides is 1. The number of carbonyl (C=O) groups is 2. The van der Waals surface area contributed by atoms with Gasteiger partial charge in [0.1, 0.15) is 16.8 Å². The molecular weight excluding hydrogens is 477 g/mol. The first-order valence-electron chi connectivity index (χ1n) is 9.69. The van der Waals surface area contributed by atoms with E-state index in [1.165, 1.54) is 39.7 Å². The fourth-order valence-electron chi connectivity index (χ4n) is 2.57. The lowest BCUT2D eigenvalue weighted by Crippen LogP contribution is -2.36. The van der Waals surface area contributed by atoms with E-state index in [2.05, 4.69) is 20.3 Å². The number of methoxy groups -OCH3 is 3. The van der Waals surface area contributed by atoms with Crippen molar-refractivity contribution in [2.45, 2.75) is 30.5 Å². The van der Waals surface area contributed by atoms with Crippen molar-refractivity contribution in [2.24, 2.45) is 0 Å². The zero-order valence-electron chi connectivity index (χ0n) is 18.8. The first-order valence-corrected chi connectivity index (χ1v) is 11.2. The van der Waals surface area contributed by atoms with Crippen LogP contribution in [0.2, 0.25) is 0 Å². The number of carbonyl (C=O) groups excluding carboxylic acids is 2. The van der Waals surface area contributed by atoms with Crippen LogP contribution in [-0.4, -0.2) is 69.5 Å². The molecule has 2 aromatic rings. The Balaban J connectivity index is 2.28. The average molecular weight is 501 g/mol. The molecule has 34 heavy (non-hydrogen) atoms. The summed E-state index contributed by atoms with van der Waals surface area (Å²) in [5, 5.41) is 2.14. The summed E-state index contributed by atoms with van der Waals surface area (Å²) in [4.78, 5) is 35.4. The number of alkyl halides is 1. The molecule has 13 nitrogen and oxygen atoms in total. The van der Waals surface area contributed by atoms with Gasteiger partial charge < -0.3 is 18.9 Å². The van der Waals surface area contributed by atoms with Gasteiger partial charge in [-0.25, -0.2) is 22.3 Å². The number of urea groups is 1. The number of rotatable bonds is 11. The minimum absolute atomic E-state index is 0.0262. The summed E-state index contributed by atoms with van der Waals surface area (Å²) in [5.41, 5.74) is -0.400. The van der Waals surface area contributed by atoms with Crippen molar-refractivity contribution in [3.63, 3.8) is 0 Å². The first kappa shape index (κ1) is 26.7. The number of amides is 2. The zero-order chi connectivity index (χ0) is 25.3. The van der Waals surface area contributed by atoms with E-state index >= 15 is 0 Å². The molecule has 2 N–H and O–H groups in total. The van der Waals surface area contributed by atoms with E-state index in [0.717, 1.165) is 13.0 Å². The SMILES string of the molecule is COCCC(=O)OC(c1ncccc1S(=O)(=O)NC(=O)Nc1nc(OC)cc(OC)n1)C(C)F. The molecule has 0 fully saturated rings. The molecule has 15 heteroatoms. The van der Waals surface area contributed by atoms with Crippen molar-refractivity contribution in [1.82, 2.24) is 19.7 Å². The van der Waals surface area contributed by atoms with Crippen LogP contribution in [0.1, 0.15) is 25.1 Å². The molecular formula is C19H24FN5O8S. The van der Waals surface area contributed by atoms with Crippen LogP contribution < -0.4 is 19.5 Å². The molecule has 0 radical (unpaired) electrons. The third-order valence-corrected chi connectivity index (χ3v) is 5.47. The number of ether oxygens (including phenoxy) is 4. The van der Waals surface area contributed by atoms with Crippen LogP contribution in [0.3, 0.4) is 0 Å². The van der Waals surface area contributed by atoms with Gasteiger partial charge in [-0.3, -0.25) is 15.1 Å². The normalized spacial score (nSPS) is 12.9. The largest absolute Gasteiger partial charge is 0.481 e. The Labute approximate surface area is 195 Å². The van der Waals surface area contributed by atoms with Crippen molar-refractivity contribution < 1.29 is 41.3 Å². The van der Waals surface area contributed by atoms with Crippen molar-refractivity contribution in [1.29, 1.82) is 0 Å². The number of nitrogens with one attached hydrogen (secondary N) is 2. The van der Waals surface area contributed by atoms with Gasteiger partial charge in [0.25, 0.3) is 10.0 Å². The maximum absolute atomic E-state index is 14.3. The molecule has 0 aromatic carbocycles. The maximum Gasteiger partial charge on any atom is 0.335 e. The standard InChI is InChI=1S/C19H24FN5O8S/c1-11(20)17(33-15(26)7-9-30-2)16-12(6-5-8-21-16)34(28,29)25-19(27)24-18-22-13(31-3)10-14(23-18)32-4/h5-6,8,10-11,17H,7,9H2,1-4H3,(H2,22,23,24,25,27). The average Bonchev–Trinajstić information content (AvgIpc) is 2.80. The highest BCUT2D eigenvalue weighted by Crippen LogP contribution is 2.28. The minimum atomic E-state index is -4.60. The Hall–Kier alpha value is -3.59. The van der Waals surface area contributed by atoms with Gasteiger partial charge in [0.05, 0.1) is 33.3 Å². The smallest absolute Gasteiger partial charge is 0.335 e. The number of aromatic nitrogens is 3. The number of esters is 1. The number of pyridine rings is 1. The first-order chi connectivity index (χ1) is 16.1. The molecule has 2 aromatic heterocycles.